The summed E-state index contributed by atoms with van der Waals surface area (Å²) in [5, 5.41) is 1.82. The van der Waals surface area contributed by atoms with Gasteiger partial charge in [-0.15, -0.1) is 11.3 Å². The number of esters is 1. The molecule has 2 aromatic rings. The number of nitrogens with one attached hydrogen (secondary N) is 1. The molecule has 0 aliphatic heterocycles. The van der Waals surface area contributed by atoms with E-state index in [0.717, 1.165) is 5.52 Å². The van der Waals surface area contributed by atoms with Crippen LogP contribution in [0.25, 0.3) is 10.2 Å². The fraction of sp³-hybridized carbons (Fsp3) is 0.273. The first-order valence-electron chi connectivity index (χ1n) is 4.92. The van der Waals surface area contributed by atoms with Crippen molar-refractivity contribution in [3.8, 4) is 0 Å². The van der Waals surface area contributed by atoms with Crippen molar-refractivity contribution in [1.29, 1.82) is 0 Å². The molecule has 2 aromatic heterocycles. The second-order valence-corrected chi connectivity index (χ2v) is 4.25. The molecule has 0 saturated heterocycles. The van der Waals surface area contributed by atoms with Crippen LogP contribution in [0.5, 0.6) is 0 Å². The minimum absolute atomic E-state index is 0.108. The van der Waals surface area contributed by atoms with E-state index in [1.807, 2.05) is 11.4 Å². The summed E-state index contributed by atoms with van der Waals surface area (Å²) in [6.45, 7) is 3.68. The Kier molecular flexibility index (Phi) is 2.78. The average molecular weight is 237 g/mol. The fourth-order valence-corrected chi connectivity index (χ4v) is 2.38. The van der Waals surface area contributed by atoms with E-state index >= 15 is 0 Å². The molecule has 4 nitrogen and oxygen atoms in total. The Hall–Kier alpha value is -1.62. The van der Waals surface area contributed by atoms with Crippen LogP contribution in [0.15, 0.2) is 16.2 Å². The quantitative estimate of drug-likeness (QED) is 0.813. The van der Waals surface area contributed by atoms with Crippen LogP contribution in [0.2, 0.25) is 0 Å². The first-order chi connectivity index (χ1) is 7.65. The number of hydrogen-bond donors (Lipinski definition) is 1. The summed E-state index contributed by atoms with van der Waals surface area (Å²) in [5.41, 5.74) is 1.17. The first kappa shape index (κ1) is 10.9. The van der Waals surface area contributed by atoms with E-state index in [9.17, 15) is 9.59 Å². The van der Waals surface area contributed by atoms with Crippen LogP contribution in [0, 0.1) is 6.92 Å². The number of aromatic amines is 1. The predicted molar refractivity (Wildman–Crippen MR) is 63.1 cm³/mol. The molecule has 0 atom stereocenters. The molecule has 0 aromatic carbocycles. The van der Waals surface area contributed by atoms with E-state index < -0.39 is 5.97 Å². The molecule has 1 N–H and O–H groups in total. The van der Waals surface area contributed by atoms with Gasteiger partial charge in [-0.05, 0) is 25.3 Å². The molecule has 84 valence electrons. The van der Waals surface area contributed by atoms with Gasteiger partial charge in [-0.1, -0.05) is 0 Å². The van der Waals surface area contributed by atoms with Crippen molar-refractivity contribution < 1.29 is 9.53 Å². The monoisotopic (exact) mass is 237 g/mol. The van der Waals surface area contributed by atoms with Crippen molar-refractivity contribution in [2.45, 2.75) is 13.8 Å². The molecule has 2 heterocycles. The Morgan fingerprint density at radius 1 is 1.56 bits per heavy atom. The van der Waals surface area contributed by atoms with Crippen LogP contribution >= 0.6 is 11.3 Å². The van der Waals surface area contributed by atoms with Gasteiger partial charge in [0.15, 0.2) is 0 Å². The lowest BCUT2D eigenvalue weighted by Gasteiger charge is -2.04. The van der Waals surface area contributed by atoms with E-state index in [1.165, 1.54) is 11.3 Å². The van der Waals surface area contributed by atoms with Crippen LogP contribution in [0.1, 0.15) is 23.0 Å². The second kappa shape index (κ2) is 4.09. The Balaban J connectivity index is 2.69. The zero-order valence-electron chi connectivity index (χ0n) is 8.99. The Morgan fingerprint density at radius 2 is 2.31 bits per heavy atom. The van der Waals surface area contributed by atoms with Gasteiger partial charge in [0.2, 0.25) is 5.43 Å². The van der Waals surface area contributed by atoms with E-state index in [1.54, 1.807) is 13.8 Å². The van der Waals surface area contributed by atoms with Gasteiger partial charge >= 0.3 is 5.97 Å². The molecule has 0 spiro atoms. The van der Waals surface area contributed by atoms with Gasteiger partial charge in [0.25, 0.3) is 0 Å². The molecular weight excluding hydrogens is 226 g/mol. The van der Waals surface area contributed by atoms with Crippen LogP contribution in [0.3, 0.4) is 0 Å². The van der Waals surface area contributed by atoms with Crippen LogP contribution in [-0.2, 0) is 4.74 Å². The minimum atomic E-state index is -0.559. The van der Waals surface area contributed by atoms with Crippen molar-refractivity contribution >= 4 is 27.5 Å². The molecule has 0 fully saturated rings. The topological polar surface area (TPSA) is 59.2 Å². The lowest BCUT2D eigenvalue weighted by molar-refractivity contribution is 0.0524. The molecule has 0 radical (unpaired) electrons. The Morgan fingerprint density at radius 3 is 3.00 bits per heavy atom. The third-order valence-electron chi connectivity index (χ3n) is 2.28. The zero-order chi connectivity index (χ0) is 11.7. The maximum absolute atomic E-state index is 12.0. The second-order valence-electron chi connectivity index (χ2n) is 3.34. The first-order valence-corrected chi connectivity index (χ1v) is 5.80. The van der Waals surface area contributed by atoms with Gasteiger partial charge in [0, 0.05) is 5.69 Å². The average Bonchev–Trinajstić information content (AvgIpc) is 2.66. The summed E-state index contributed by atoms with van der Waals surface area (Å²) in [6, 6.07) is 1.82. The molecule has 2 rings (SSSR count). The van der Waals surface area contributed by atoms with E-state index in [2.05, 4.69) is 4.98 Å². The third-order valence-corrected chi connectivity index (χ3v) is 3.19. The molecule has 0 amide bonds. The number of hydrogen-bond acceptors (Lipinski definition) is 4. The number of pyridine rings is 1. The number of carbonyl (C=O) groups excluding carboxylic acids is 1. The summed E-state index contributed by atoms with van der Waals surface area (Å²) in [7, 11) is 0. The maximum atomic E-state index is 12.0. The standard InChI is InChI=1S/C11H11NO3S/c1-3-15-11(14)8-6(2)12-7-4-5-16-10(7)9(8)13/h4-5H,3H2,1-2H3,(H,12,13). The van der Waals surface area contributed by atoms with Crippen molar-refractivity contribution in [3.05, 3.63) is 32.9 Å². The van der Waals surface area contributed by atoms with E-state index in [-0.39, 0.29) is 17.6 Å². The number of carbonyl (C=O) groups is 1. The summed E-state index contributed by atoms with van der Waals surface area (Å²) in [4.78, 5) is 26.7. The van der Waals surface area contributed by atoms with Gasteiger partial charge in [0.1, 0.15) is 5.56 Å². The highest BCUT2D eigenvalue weighted by Crippen LogP contribution is 2.17. The Labute approximate surface area is 95.9 Å². The molecule has 0 saturated carbocycles. The number of thiophene rings is 1. The maximum Gasteiger partial charge on any atom is 0.343 e. The van der Waals surface area contributed by atoms with E-state index in [0.29, 0.717) is 10.4 Å². The number of rotatable bonds is 2. The van der Waals surface area contributed by atoms with E-state index in [4.69, 9.17) is 4.74 Å². The summed E-state index contributed by atoms with van der Waals surface area (Å²) >= 11 is 1.32. The third kappa shape index (κ3) is 1.63. The smallest absolute Gasteiger partial charge is 0.343 e. The van der Waals surface area contributed by atoms with Crippen LogP contribution in [-0.4, -0.2) is 17.6 Å². The predicted octanol–water partition coefficient (Wildman–Crippen LogP) is 2.07. The van der Waals surface area contributed by atoms with Gasteiger partial charge in [-0.2, -0.15) is 0 Å². The SMILES string of the molecule is CCOC(=O)c1c(C)[nH]c2ccsc2c1=O. The zero-order valence-corrected chi connectivity index (χ0v) is 9.81. The summed E-state index contributed by atoms with van der Waals surface area (Å²) in [6.07, 6.45) is 0. The van der Waals surface area contributed by atoms with Gasteiger partial charge in [-0.3, -0.25) is 4.79 Å². The van der Waals surface area contributed by atoms with Gasteiger partial charge in [0.05, 0.1) is 16.8 Å². The minimum Gasteiger partial charge on any atom is -0.462 e. The number of aryl methyl sites for hydroxylation is 1. The number of H-pyrrole nitrogens is 1. The van der Waals surface area contributed by atoms with Crippen molar-refractivity contribution in [2.24, 2.45) is 0 Å². The number of fused-ring (bicyclic) bond motifs is 1. The molecule has 0 aliphatic carbocycles. The molecule has 5 heteroatoms. The van der Waals surface area contributed by atoms with Gasteiger partial charge < -0.3 is 9.72 Å². The highest BCUT2D eigenvalue weighted by atomic mass is 32.1. The Bertz CT molecular complexity index is 597. The number of aromatic nitrogens is 1. The molecule has 16 heavy (non-hydrogen) atoms. The largest absolute Gasteiger partial charge is 0.462 e. The van der Waals surface area contributed by atoms with Crippen LogP contribution in [0.4, 0.5) is 0 Å². The van der Waals surface area contributed by atoms with Crippen molar-refractivity contribution in [2.75, 3.05) is 6.61 Å². The highest BCUT2D eigenvalue weighted by Gasteiger charge is 2.18. The molecule has 0 bridgehead atoms. The lowest BCUT2D eigenvalue weighted by Crippen LogP contribution is -2.19. The summed E-state index contributed by atoms with van der Waals surface area (Å²) in [5.74, 6) is -0.559. The van der Waals surface area contributed by atoms with Crippen LogP contribution < -0.4 is 5.43 Å². The summed E-state index contributed by atoms with van der Waals surface area (Å²) < 4.78 is 5.42. The molecular formula is C11H11NO3S. The fourth-order valence-electron chi connectivity index (χ4n) is 1.58. The molecule has 0 aliphatic rings. The number of ether oxygens (including phenoxy) is 1. The van der Waals surface area contributed by atoms with Crippen molar-refractivity contribution in [3.63, 3.8) is 0 Å². The highest BCUT2D eigenvalue weighted by molar-refractivity contribution is 7.17. The molecule has 0 unspecified atom stereocenters. The van der Waals surface area contributed by atoms with Crippen molar-refractivity contribution in [1.82, 2.24) is 4.98 Å². The lowest BCUT2D eigenvalue weighted by atomic mass is 10.2. The van der Waals surface area contributed by atoms with Gasteiger partial charge in [-0.25, -0.2) is 4.79 Å². The normalized spacial score (nSPS) is 10.6.